The van der Waals surface area contributed by atoms with Gasteiger partial charge in [0.15, 0.2) is 0 Å². The van der Waals surface area contributed by atoms with Crippen molar-refractivity contribution in [3.63, 3.8) is 0 Å². The first-order chi connectivity index (χ1) is 9.51. The van der Waals surface area contributed by atoms with E-state index in [1.165, 1.54) is 12.2 Å². The minimum absolute atomic E-state index is 0.0282. The maximum Gasteiger partial charge on any atom is 0.330 e. The van der Waals surface area contributed by atoms with E-state index in [1.54, 1.807) is 0 Å². The van der Waals surface area contributed by atoms with E-state index < -0.39 is 0 Å². The number of esters is 2. The molecule has 0 aliphatic rings. The molecule has 20 heavy (non-hydrogen) atoms. The van der Waals surface area contributed by atoms with E-state index in [1.807, 2.05) is 13.8 Å². The topological polar surface area (TPSA) is 52.6 Å². The summed E-state index contributed by atoms with van der Waals surface area (Å²) in [6, 6.07) is 0. The smallest absolute Gasteiger partial charge is 0.330 e. The van der Waals surface area contributed by atoms with Crippen molar-refractivity contribution in [2.75, 3.05) is 6.61 Å². The number of unbranched alkanes of at least 4 members (excludes halogenated alkanes) is 2. The molecule has 0 aliphatic carbocycles. The maximum atomic E-state index is 10.6. The maximum absolute atomic E-state index is 10.6. The fraction of sp³-hybridized carbons (Fsp3) is 0.625. The van der Waals surface area contributed by atoms with Crippen molar-refractivity contribution in [1.82, 2.24) is 0 Å². The summed E-state index contributed by atoms with van der Waals surface area (Å²) in [5.74, 6) is -0.656. The van der Waals surface area contributed by atoms with Crippen molar-refractivity contribution in [3.8, 4) is 0 Å². The van der Waals surface area contributed by atoms with Gasteiger partial charge in [0.2, 0.25) is 0 Å². The van der Waals surface area contributed by atoms with Crippen LogP contribution in [0.15, 0.2) is 25.3 Å². The summed E-state index contributed by atoms with van der Waals surface area (Å²) in [7, 11) is 0. The lowest BCUT2D eigenvalue weighted by atomic mass is 10.2. The second-order valence-corrected chi connectivity index (χ2v) is 4.32. The highest BCUT2D eigenvalue weighted by molar-refractivity contribution is 5.81. The number of rotatable bonds is 9. The van der Waals surface area contributed by atoms with Crippen LogP contribution in [0, 0.1) is 0 Å². The molecule has 0 spiro atoms. The molecule has 0 saturated carbocycles. The van der Waals surface area contributed by atoms with Crippen LogP contribution in [-0.2, 0) is 19.1 Å². The summed E-state index contributed by atoms with van der Waals surface area (Å²) in [4.78, 5) is 21.0. The molecule has 0 aromatic heterocycles. The van der Waals surface area contributed by atoms with Gasteiger partial charge in [-0.15, -0.1) is 0 Å². The van der Waals surface area contributed by atoms with Crippen LogP contribution in [0.2, 0.25) is 0 Å². The minimum Gasteiger partial charge on any atom is -0.463 e. The summed E-state index contributed by atoms with van der Waals surface area (Å²) >= 11 is 0. The number of hydrogen-bond donors (Lipinski definition) is 0. The molecule has 116 valence electrons. The molecule has 1 atom stereocenters. The number of carbonyl (C=O) groups is 2. The monoisotopic (exact) mass is 284 g/mol. The third kappa shape index (κ3) is 16.4. The molecule has 0 fully saturated rings. The molecular formula is C16H28O4. The first-order valence-electron chi connectivity index (χ1n) is 7.13. The minimum atomic E-state index is -0.330. The summed E-state index contributed by atoms with van der Waals surface area (Å²) in [5.41, 5.74) is 0. The van der Waals surface area contributed by atoms with E-state index in [0.717, 1.165) is 32.1 Å². The van der Waals surface area contributed by atoms with Gasteiger partial charge < -0.3 is 9.47 Å². The normalized spacial score (nSPS) is 10.6. The number of carbonyl (C=O) groups excluding carboxylic acids is 2. The van der Waals surface area contributed by atoms with Crippen molar-refractivity contribution >= 4 is 11.9 Å². The Kier molecular flexibility index (Phi) is 16.0. The van der Waals surface area contributed by atoms with Gasteiger partial charge in [0.25, 0.3) is 0 Å². The first-order valence-corrected chi connectivity index (χ1v) is 7.13. The standard InChI is InChI=1S/C9H16O2.C7H12O2/c1-4-6-7-8(3)11-9(10)5-2;1-3-5-6-9-7(8)4-2/h5,8H,2,4,6-7H2,1,3H3;4H,2-3,5-6H2,1H3. The summed E-state index contributed by atoms with van der Waals surface area (Å²) in [5, 5.41) is 0. The Hall–Kier alpha value is -1.58. The molecule has 0 amide bonds. The fourth-order valence-corrected chi connectivity index (χ4v) is 1.17. The molecular weight excluding hydrogens is 256 g/mol. The second kappa shape index (κ2) is 15.5. The summed E-state index contributed by atoms with van der Waals surface area (Å²) in [6.07, 6.45) is 7.56. The highest BCUT2D eigenvalue weighted by Crippen LogP contribution is 2.03. The average Bonchev–Trinajstić information content (AvgIpc) is 2.45. The highest BCUT2D eigenvalue weighted by atomic mass is 16.5. The third-order valence-corrected chi connectivity index (χ3v) is 2.36. The van der Waals surface area contributed by atoms with Crippen molar-refractivity contribution in [3.05, 3.63) is 25.3 Å². The molecule has 0 rings (SSSR count). The molecule has 0 bridgehead atoms. The van der Waals surface area contributed by atoms with Crippen LogP contribution in [0.4, 0.5) is 0 Å². The van der Waals surface area contributed by atoms with Gasteiger partial charge in [-0.1, -0.05) is 46.3 Å². The van der Waals surface area contributed by atoms with E-state index in [9.17, 15) is 9.59 Å². The Bertz CT molecular complexity index is 284. The van der Waals surface area contributed by atoms with Crippen molar-refractivity contribution < 1.29 is 19.1 Å². The second-order valence-electron chi connectivity index (χ2n) is 4.32. The van der Waals surface area contributed by atoms with Crippen molar-refractivity contribution in [1.29, 1.82) is 0 Å². The van der Waals surface area contributed by atoms with Gasteiger partial charge in [0.05, 0.1) is 12.7 Å². The van der Waals surface area contributed by atoms with E-state index in [2.05, 4.69) is 24.8 Å². The molecule has 4 nitrogen and oxygen atoms in total. The molecule has 0 aromatic carbocycles. The zero-order chi connectivity index (χ0) is 15.8. The number of hydrogen-bond acceptors (Lipinski definition) is 4. The lowest BCUT2D eigenvalue weighted by molar-refractivity contribution is -0.142. The van der Waals surface area contributed by atoms with Gasteiger partial charge in [0, 0.05) is 12.2 Å². The predicted octanol–water partition coefficient (Wildman–Crippen LogP) is 3.81. The Morgan fingerprint density at radius 1 is 1.05 bits per heavy atom. The van der Waals surface area contributed by atoms with E-state index >= 15 is 0 Å². The van der Waals surface area contributed by atoms with Crippen LogP contribution in [0.3, 0.4) is 0 Å². The number of ether oxygens (including phenoxy) is 2. The van der Waals surface area contributed by atoms with Crippen molar-refractivity contribution in [2.24, 2.45) is 0 Å². The van der Waals surface area contributed by atoms with Crippen LogP contribution in [0.1, 0.15) is 52.9 Å². The Morgan fingerprint density at radius 2 is 1.60 bits per heavy atom. The van der Waals surface area contributed by atoms with E-state index in [0.29, 0.717) is 6.61 Å². The van der Waals surface area contributed by atoms with Gasteiger partial charge in [0.1, 0.15) is 0 Å². The lowest BCUT2D eigenvalue weighted by Crippen LogP contribution is -2.12. The third-order valence-electron chi connectivity index (χ3n) is 2.36. The van der Waals surface area contributed by atoms with Gasteiger partial charge in [-0.3, -0.25) is 0 Å². The zero-order valence-corrected chi connectivity index (χ0v) is 13.0. The Morgan fingerprint density at radius 3 is 2.05 bits per heavy atom. The quantitative estimate of drug-likeness (QED) is 0.367. The Balaban J connectivity index is 0. The molecule has 1 unspecified atom stereocenters. The Labute approximate surface area is 122 Å². The molecule has 0 heterocycles. The molecule has 0 aliphatic heterocycles. The predicted molar refractivity (Wildman–Crippen MR) is 81.3 cm³/mol. The summed E-state index contributed by atoms with van der Waals surface area (Å²) in [6.45, 7) is 13.2. The van der Waals surface area contributed by atoms with Gasteiger partial charge in [-0.05, 0) is 19.8 Å². The molecule has 4 heteroatoms. The van der Waals surface area contributed by atoms with Crippen molar-refractivity contribution in [2.45, 2.75) is 59.0 Å². The first kappa shape index (κ1) is 20.7. The molecule has 0 N–H and O–H groups in total. The van der Waals surface area contributed by atoms with Crippen LogP contribution >= 0.6 is 0 Å². The van der Waals surface area contributed by atoms with Gasteiger partial charge in [-0.2, -0.15) is 0 Å². The van der Waals surface area contributed by atoms with Gasteiger partial charge in [-0.25, -0.2) is 9.59 Å². The van der Waals surface area contributed by atoms with Crippen LogP contribution < -0.4 is 0 Å². The highest BCUT2D eigenvalue weighted by Gasteiger charge is 2.04. The van der Waals surface area contributed by atoms with Crippen LogP contribution in [0.25, 0.3) is 0 Å². The van der Waals surface area contributed by atoms with E-state index in [4.69, 9.17) is 4.74 Å². The summed E-state index contributed by atoms with van der Waals surface area (Å²) < 4.78 is 9.62. The SMILES string of the molecule is C=CC(=O)OC(C)CCCC.C=CC(=O)OCCCC. The fourth-order valence-electron chi connectivity index (χ4n) is 1.17. The average molecular weight is 284 g/mol. The lowest BCUT2D eigenvalue weighted by Gasteiger charge is -2.10. The largest absolute Gasteiger partial charge is 0.463 e. The zero-order valence-electron chi connectivity index (χ0n) is 13.0. The van der Waals surface area contributed by atoms with Crippen LogP contribution in [-0.4, -0.2) is 24.6 Å². The molecule has 0 radical (unpaired) electrons. The van der Waals surface area contributed by atoms with Gasteiger partial charge >= 0.3 is 11.9 Å². The molecule has 0 saturated heterocycles. The van der Waals surface area contributed by atoms with Crippen LogP contribution in [0.5, 0.6) is 0 Å². The molecule has 0 aromatic rings. The van der Waals surface area contributed by atoms with E-state index in [-0.39, 0.29) is 18.0 Å².